The van der Waals surface area contributed by atoms with Crippen molar-refractivity contribution in [3.63, 3.8) is 0 Å². The molecule has 1 aliphatic heterocycles. The van der Waals surface area contributed by atoms with Gasteiger partial charge in [-0.3, -0.25) is 9.59 Å². The molecule has 1 fully saturated rings. The summed E-state index contributed by atoms with van der Waals surface area (Å²) in [4.78, 5) is 35.8. The number of hydrogen-bond donors (Lipinski definition) is 1. The molecule has 1 aromatic rings. The highest BCUT2D eigenvalue weighted by atomic mass is 19.1. The van der Waals surface area contributed by atoms with Crippen molar-refractivity contribution in [3.8, 4) is 0 Å². The summed E-state index contributed by atoms with van der Waals surface area (Å²) in [6, 6.07) is 5.18. The second-order valence-electron chi connectivity index (χ2n) is 4.63. The van der Waals surface area contributed by atoms with Gasteiger partial charge in [-0.25, -0.2) is 9.18 Å². The van der Waals surface area contributed by atoms with E-state index < -0.39 is 35.9 Å². The smallest absolute Gasteiger partial charge is 0.348 e. The van der Waals surface area contributed by atoms with Gasteiger partial charge in [0.2, 0.25) is 6.10 Å². The van der Waals surface area contributed by atoms with Crippen LogP contribution in [0.4, 0.5) is 10.1 Å². The molecule has 0 bridgehead atoms. The van der Waals surface area contributed by atoms with E-state index in [1.165, 1.54) is 29.2 Å². The second-order valence-corrected chi connectivity index (χ2v) is 4.63. The van der Waals surface area contributed by atoms with Crippen molar-refractivity contribution in [2.24, 2.45) is 0 Å². The lowest BCUT2D eigenvalue weighted by Gasteiger charge is -2.34. The van der Waals surface area contributed by atoms with Crippen molar-refractivity contribution in [1.82, 2.24) is 0 Å². The summed E-state index contributed by atoms with van der Waals surface area (Å²) in [5, 5.41) is 9.11. The van der Waals surface area contributed by atoms with Crippen molar-refractivity contribution in [2.45, 2.75) is 19.1 Å². The lowest BCUT2D eigenvalue weighted by atomic mass is 10.1. The molecular weight excluding hydrogens is 297 g/mol. The number of nitrogens with zero attached hydrogens (tertiary/aromatic N) is 1. The highest BCUT2D eigenvalue weighted by Crippen LogP contribution is 2.21. The van der Waals surface area contributed by atoms with Crippen LogP contribution in [0.1, 0.15) is 6.92 Å². The number of carboxylic acid groups (broad SMARTS) is 1. The predicted octanol–water partition coefficient (Wildman–Crippen LogP) is 0.574. The maximum atomic E-state index is 12.9. The minimum atomic E-state index is -1.73. The van der Waals surface area contributed by atoms with Gasteiger partial charge in [0.1, 0.15) is 5.82 Å². The molecule has 0 aromatic heterocycles. The molecule has 1 aromatic carbocycles. The number of morpholine rings is 1. The number of aliphatic carboxylic acids is 1. The van der Waals surface area contributed by atoms with E-state index in [2.05, 4.69) is 4.74 Å². The Kier molecular flexibility index (Phi) is 4.71. The summed E-state index contributed by atoms with van der Waals surface area (Å²) in [5.41, 5.74) is 0.409. The molecule has 1 aliphatic rings. The Labute approximate surface area is 125 Å². The number of carboxylic acids is 1. The van der Waals surface area contributed by atoms with Gasteiger partial charge in [-0.1, -0.05) is 0 Å². The van der Waals surface area contributed by atoms with Crippen LogP contribution in [-0.2, 0) is 23.9 Å². The molecule has 1 saturated heterocycles. The third-order valence-electron chi connectivity index (χ3n) is 3.07. The van der Waals surface area contributed by atoms with Gasteiger partial charge < -0.3 is 19.5 Å². The Morgan fingerprint density at radius 3 is 2.59 bits per heavy atom. The molecule has 8 heteroatoms. The number of benzene rings is 1. The third-order valence-corrected chi connectivity index (χ3v) is 3.07. The first kappa shape index (κ1) is 15.9. The number of amides is 1. The Balaban J connectivity index is 2.23. The van der Waals surface area contributed by atoms with E-state index in [0.717, 1.165) is 6.92 Å². The van der Waals surface area contributed by atoms with Crippen LogP contribution >= 0.6 is 0 Å². The molecule has 0 unspecified atom stereocenters. The molecule has 7 nitrogen and oxygen atoms in total. The number of halogens is 1. The zero-order chi connectivity index (χ0) is 16.3. The van der Waals surface area contributed by atoms with Crippen LogP contribution < -0.4 is 4.90 Å². The summed E-state index contributed by atoms with van der Waals surface area (Å²) >= 11 is 0. The fourth-order valence-electron chi connectivity index (χ4n) is 2.12. The molecule has 0 radical (unpaired) electrons. The molecule has 2 rings (SSSR count). The summed E-state index contributed by atoms with van der Waals surface area (Å²) in [6.45, 7) is 1.30. The number of hydrogen-bond acceptors (Lipinski definition) is 5. The van der Waals surface area contributed by atoms with Gasteiger partial charge in [0, 0.05) is 19.2 Å². The molecular formula is C14H14FNO6. The Morgan fingerprint density at radius 1 is 1.41 bits per heavy atom. The summed E-state index contributed by atoms with van der Waals surface area (Å²) in [7, 11) is 0. The van der Waals surface area contributed by atoms with Crippen LogP contribution in [0.3, 0.4) is 0 Å². The first-order valence-electron chi connectivity index (χ1n) is 6.48. The lowest BCUT2D eigenvalue weighted by molar-refractivity contribution is -0.177. The fourth-order valence-corrected chi connectivity index (χ4v) is 2.12. The monoisotopic (exact) mass is 311 g/mol. The van der Waals surface area contributed by atoms with E-state index in [9.17, 15) is 18.8 Å². The highest BCUT2D eigenvalue weighted by molar-refractivity contribution is 6.00. The van der Waals surface area contributed by atoms with E-state index >= 15 is 0 Å². The van der Waals surface area contributed by atoms with Crippen LogP contribution in [0.15, 0.2) is 24.3 Å². The first-order chi connectivity index (χ1) is 10.4. The van der Waals surface area contributed by atoms with Crippen molar-refractivity contribution >= 4 is 23.5 Å². The molecule has 1 amide bonds. The van der Waals surface area contributed by atoms with E-state index in [1.54, 1.807) is 0 Å². The van der Waals surface area contributed by atoms with Crippen molar-refractivity contribution < 1.29 is 33.4 Å². The maximum absolute atomic E-state index is 12.9. The van der Waals surface area contributed by atoms with Crippen LogP contribution in [0, 0.1) is 5.82 Å². The average molecular weight is 311 g/mol. The number of carbonyl (C=O) groups is 3. The number of anilines is 1. The SMILES string of the molecule is CC(=O)O[C@@H](C(=O)O)[C@H]1OCCN(c2ccc(F)cc2)C1=O. The molecule has 2 atom stereocenters. The standard InChI is InChI=1S/C14H14FNO6/c1-8(17)22-12(14(19)20)11-13(18)16(6-7-21-11)10-4-2-9(15)3-5-10/h2-5,11-12H,6-7H2,1H3,(H,19,20)/t11-,12-/m1/s1. The minimum Gasteiger partial charge on any atom is -0.478 e. The van der Waals surface area contributed by atoms with Crippen molar-refractivity contribution in [3.05, 3.63) is 30.1 Å². The van der Waals surface area contributed by atoms with Gasteiger partial charge in [-0.2, -0.15) is 0 Å². The molecule has 0 spiro atoms. The number of esters is 1. The topological polar surface area (TPSA) is 93.1 Å². The van der Waals surface area contributed by atoms with Gasteiger partial charge >= 0.3 is 11.9 Å². The molecule has 0 saturated carbocycles. The quantitative estimate of drug-likeness (QED) is 0.817. The number of carbonyl (C=O) groups excluding carboxylic acids is 2. The van der Waals surface area contributed by atoms with Crippen molar-refractivity contribution in [2.75, 3.05) is 18.1 Å². The normalized spacial score (nSPS) is 19.6. The molecule has 22 heavy (non-hydrogen) atoms. The summed E-state index contributed by atoms with van der Waals surface area (Å²) < 4.78 is 22.8. The number of rotatable bonds is 4. The van der Waals surface area contributed by atoms with E-state index in [-0.39, 0.29) is 13.2 Å². The second kappa shape index (κ2) is 6.52. The van der Waals surface area contributed by atoms with Crippen molar-refractivity contribution in [1.29, 1.82) is 0 Å². The Hall–Kier alpha value is -2.48. The number of ether oxygens (including phenoxy) is 2. The molecule has 1 N–H and O–H groups in total. The fraction of sp³-hybridized carbons (Fsp3) is 0.357. The van der Waals surface area contributed by atoms with Gasteiger partial charge in [0.15, 0.2) is 6.10 Å². The minimum absolute atomic E-state index is 0.0683. The average Bonchev–Trinajstić information content (AvgIpc) is 2.46. The lowest BCUT2D eigenvalue weighted by Crippen LogP contribution is -2.55. The maximum Gasteiger partial charge on any atom is 0.348 e. The Bertz CT molecular complexity index is 588. The third kappa shape index (κ3) is 3.40. The van der Waals surface area contributed by atoms with Crippen LogP contribution in [0.5, 0.6) is 0 Å². The van der Waals surface area contributed by atoms with Crippen LogP contribution in [0.25, 0.3) is 0 Å². The predicted molar refractivity (Wildman–Crippen MR) is 71.7 cm³/mol. The van der Waals surface area contributed by atoms with E-state index in [0.29, 0.717) is 5.69 Å². The molecule has 118 valence electrons. The summed E-state index contributed by atoms with van der Waals surface area (Å²) in [5.74, 6) is -3.42. The summed E-state index contributed by atoms with van der Waals surface area (Å²) in [6.07, 6.45) is -3.17. The van der Waals surface area contributed by atoms with E-state index in [1.807, 2.05) is 0 Å². The van der Waals surface area contributed by atoms with Gasteiger partial charge in [0.25, 0.3) is 5.91 Å². The zero-order valence-corrected chi connectivity index (χ0v) is 11.7. The zero-order valence-electron chi connectivity index (χ0n) is 11.7. The van der Waals surface area contributed by atoms with Gasteiger partial charge in [0.05, 0.1) is 6.61 Å². The molecule has 1 heterocycles. The van der Waals surface area contributed by atoms with Gasteiger partial charge in [-0.15, -0.1) is 0 Å². The van der Waals surface area contributed by atoms with Gasteiger partial charge in [-0.05, 0) is 24.3 Å². The van der Waals surface area contributed by atoms with Crippen LogP contribution in [-0.4, -0.2) is 48.3 Å². The highest BCUT2D eigenvalue weighted by Gasteiger charge is 2.42. The van der Waals surface area contributed by atoms with E-state index in [4.69, 9.17) is 9.84 Å². The Morgan fingerprint density at radius 2 is 2.05 bits per heavy atom. The molecule has 0 aliphatic carbocycles. The largest absolute Gasteiger partial charge is 0.478 e. The van der Waals surface area contributed by atoms with Crippen LogP contribution in [0.2, 0.25) is 0 Å². The first-order valence-corrected chi connectivity index (χ1v) is 6.48.